The first-order valence-corrected chi connectivity index (χ1v) is 10.9. The van der Waals surface area contributed by atoms with Crippen molar-refractivity contribution in [1.82, 2.24) is 9.88 Å². The van der Waals surface area contributed by atoms with E-state index in [0.29, 0.717) is 5.69 Å². The van der Waals surface area contributed by atoms with Gasteiger partial charge in [-0.2, -0.15) is 0 Å². The van der Waals surface area contributed by atoms with Crippen LogP contribution in [0.25, 0.3) is 0 Å². The Morgan fingerprint density at radius 2 is 1.57 bits per heavy atom. The largest absolute Gasteiger partial charge is 0.348 e. The molecule has 3 rings (SSSR count). The van der Waals surface area contributed by atoms with Crippen LogP contribution < -0.4 is 15.6 Å². The van der Waals surface area contributed by atoms with Crippen LogP contribution in [0.1, 0.15) is 24.2 Å². The fourth-order valence-electron chi connectivity index (χ4n) is 3.00. The lowest BCUT2D eigenvalue weighted by Crippen LogP contribution is -2.35. The lowest BCUT2D eigenvalue weighted by molar-refractivity contribution is -0.122. The predicted molar refractivity (Wildman–Crippen MR) is 116 cm³/mol. The van der Waals surface area contributed by atoms with Crippen molar-refractivity contribution in [2.24, 2.45) is 0 Å². The van der Waals surface area contributed by atoms with Gasteiger partial charge in [0.15, 0.2) is 0 Å². The molecular formula is C22H23N3O4S. The molecule has 7 nitrogen and oxygen atoms in total. The molecule has 3 aromatic rings. The van der Waals surface area contributed by atoms with Crippen LogP contribution in [0.2, 0.25) is 0 Å². The van der Waals surface area contributed by atoms with E-state index in [1.54, 1.807) is 31.2 Å². The second kappa shape index (κ2) is 8.96. The van der Waals surface area contributed by atoms with Crippen LogP contribution in [0.3, 0.4) is 0 Å². The van der Waals surface area contributed by atoms with Gasteiger partial charge < -0.3 is 9.88 Å². The minimum atomic E-state index is -3.91. The third-order valence-electron chi connectivity index (χ3n) is 4.67. The van der Waals surface area contributed by atoms with Gasteiger partial charge in [-0.3, -0.25) is 14.3 Å². The molecule has 0 aliphatic heterocycles. The quantitative estimate of drug-likeness (QED) is 0.608. The van der Waals surface area contributed by atoms with Crippen molar-refractivity contribution in [3.63, 3.8) is 0 Å². The highest BCUT2D eigenvalue weighted by Gasteiger charge is 2.18. The molecule has 0 radical (unpaired) electrons. The highest BCUT2D eigenvalue weighted by Crippen LogP contribution is 2.14. The molecule has 1 heterocycles. The second-order valence-corrected chi connectivity index (χ2v) is 8.58. The van der Waals surface area contributed by atoms with Crippen molar-refractivity contribution in [2.75, 3.05) is 4.72 Å². The molecule has 0 saturated carbocycles. The SMILES string of the molecule is Cc1ccc(NS(=O)(=O)c2ccccc2)c(=O)n1CC(=O)N[C@@H](C)c1ccccc1. The van der Waals surface area contributed by atoms with Gasteiger partial charge in [0, 0.05) is 5.69 Å². The maximum absolute atomic E-state index is 12.8. The number of benzene rings is 2. The number of carbonyl (C=O) groups is 1. The van der Waals surface area contributed by atoms with Gasteiger partial charge in [0.2, 0.25) is 5.91 Å². The van der Waals surface area contributed by atoms with Crippen molar-refractivity contribution in [3.05, 3.63) is 94.4 Å². The molecule has 1 atom stereocenters. The molecule has 156 valence electrons. The number of anilines is 1. The summed E-state index contributed by atoms with van der Waals surface area (Å²) in [5, 5.41) is 2.86. The summed E-state index contributed by atoms with van der Waals surface area (Å²) in [5.74, 6) is -0.348. The summed E-state index contributed by atoms with van der Waals surface area (Å²) < 4.78 is 28.6. The van der Waals surface area contributed by atoms with Crippen LogP contribution in [0.5, 0.6) is 0 Å². The first-order chi connectivity index (χ1) is 14.3. The number of aromatic nitrogens is 1. The Kier molecular flexibility index (Phi) is 6.37. The zero-order valence-electron chi connectivity index (χ0n) is 16.7. The number of sulfonamides is 1. The van der Waals surface area contributed by atoms with E-state index >= 15 is 0 Å². The van der Waals surface area contributed by atoms with Crippen molar-refractivity contribution < 1.29 is 13.2 Å². The van der Waals surface area contributed by atoms with Gasteiger partial charge in [-0.25, -0.2) is 8.42 Å². The van der Waals surface area contributed by atoms with Crippen molar-refractivity contribution in [1.29, 1.82) is 0 Å². The number of hydrogen-bond acceptors (Lipinski definition) is 4. The number of carbonyl (C=O) groups excluding carboxylic acids is 1. The third kappa shape index (κ3) is 4.96. The Morgan fingerprint density at radius 3 is 2.20 bits per heavy atom. The van der Waals surface area contributed by atoms with E-state index in [-0.39, 0.29) is 29.1 Å². The standard InChI is InChI=1S/C22H23N3O4S/c1-16-13-14-20(24-30(28,29)19-11-7-4-8-12-19)22(27)25(16)15-21(26)23-17(2)18-9-5-3-6-10-18/h3-14,17,24H,15H2,1-2H3,(H,23,26)/t17-/m0/s1. The molecule has 30 heavy (non-hydrogen) atoms. The van der Waals surface area contributed by atoms with Crippen LogP contribution in [-0.2, 0) is 21.4 Å². The average Bonchev–Trinajstić information content (AvgIpc) is 2.74. The Morgan fingerprint density at radius 1 is 0.967 bits per heavy atom. The van der Waals surface area contributed by atoms with Crippen LogP contribution >= 0.6 is 0 Å². The number of hydrogen-bond donors (Lipinski definition) is 2. The van der Waals surface area contributed by atoms with Gasteiger partial charge in [0.05, 0.1) is 10.9 Å². The maximum Gasteiger partial charge on any atom is 0.275 e. The molecule has 0 aliphatic rings. The molecule has 0 fully saturated rings. The topological polar surface area (TPSA) is 97.3 Å². The van der Waals surface area contributed by atoms with E-state index in [9.17, 15) is 18.0 Å². The summed E-state index contributed by atoms with van der Waals surface area (Å²) in [5.41, 5.74) is 0.787. The Labute approximate surface area is 175 Å². The molecule has 8 heteroatoms. The maximum atomic E-state index is 12.8. The predicted octanol–water partition coefficient (Wildman–Crippen LogP) is 2.83. The summed E-state index contributed by atoms with van der Waals surface area (Å²) >= 11 is 0. The molecule has 0 aliphatic carbocycles. The Bertz CT molecular complexity index is 1190. The summed E-state index contributed by atoms with van der Waals surface area (Å²) in [6.07, 6.45) is 0. The molecule has 1 aromatic heterocycles. The minimum absolute atomic E-state index is 0.0472. The molecular weight excluding hydrogens is 402 g/mol. The van der Waals surface area contributed by atoms with Crippen LogP contribution in [0.15, 0.2) is 82.5 Å². The molecule has 2 N–H and O–H groups in total. The first kappa shape index (κ1) is 21.3. The number of rotatable bonds is 7. The second-order valence-electron chi connectivity index (χ2n) is 6.90. The van der Waals surface area contributed by atoms with Gasteiger partial charge >= 0.3 is 0 Å². The fraction of sp³-hybridized carbons (Fsp3) is 0.182. The number of aryl methyl sites for hydroxylation is 1. The number of pyridine rings is 1. The van der Waals surface area contributed by atoms with Crippen LogP contribution in [-0.4, -0.2) is 18.9 Å². The normalized spacial score (nSPS) is 12.2. The molecule has 2 aromatic carbocycles. The monoisotopic (exact) mass is 425 g/mol. The fourth-order valence-corrected chi connectivity index (χ4v) is 4.08. The minimum Gasteiger partial charge on any atom is -0.348 e. The van der Waals surface area contributed by atoms with Crippen molar-refractivity contribution in [2.45, 2.75) is 31.3 Å². The van der Waals surface area contributed by atoms with Crippen LogP contribution in [0.4, 0.5) is 5.69 Å². The lowest BCUT2D eigenvalue weighted by Gasteiger charge is -2.17. The molecule has 0 saturated heterocycles. The highest BCUT2D eigenvalue weighted by molar-refractivity contribution is 7.92. The molecule has 0 unspecified atom stereocenters. The third-order valence-corrected chi connectivity index (χ3v) is 6.05. The summed E-state index contributed by atoms with van der Waals surface area (Å²) in [7, 11) is -3.91. The van der Waals surface area contributed by atoms with Gasteiger partial charge in [0.25, 0.3) is 15.6 Å². The van der Waals surface area contributed by atoms with E-state index in [4.69, 9.17) is 0 Å². The van der Waals surface area contributed by atoms with Crippen molar-refractivity contribution in [3.8, 4) is 0 Å². The van der Waals surface area contributed by atoms with E-state index in [1.807, 2.05) is 37.3 Å². The lowest BCUT2D eigenvalue weighted by atomic mass is 10.1. The molecule has 0 spiro atoms. The highest BCUT2D eigenvalue weighted by atomic mass is 32.2. The van der Waals surface area contributed by atoms with Crippen LogP contribution in [0, 0.1) is 6.92 Å². The molecule has 0 bridgehead atoms. The van der Waals surface area contributed by atoms with E-state index in [1.165, 1.54) is 22.8 Å². The number of nitrogens with zero attached hydrogens (tertiary/aromatic N) is 1. The number of amides is 1. The van der Waals surface area contributed by atoms with E-state index < -0.39 is 15.6 Å². The van der Waals surface area contributed by atoms with Crippen molar-refractivity contribution >= 4 is 21.6 Å². The zero-order valence-corrected chi connectivity index (χ0v) is 17.5. The molecule has 1 amide bonds. The summed E-state index contributed by atoms with van der Waals surface area (Å²) in [4.78, 5) is 25.4. The first-order valence-electron chi connectivity index (χ1n) is 9.40. The summed E-state index contributed by atoms with van der Waals surface area (Å²) in [6.45, 7) is 3.32. The Hall–Kier alpha value is -3.39. The van der Waals surface area contributed by atoms with E-state index in [0.717, 1.165) is 5.56 Å². The van der Waals surface area contributed by atoms with Gasteiger partial charge in [0.1, 0.15) is 12.2 Å². The van der Waals surface area contributed by atoms with Gasteiger partial charge in [-0.15, -0.1) is 0 Å². The van der Waals surface area contributed by atoms with Gasteiger partial charge in [-0.1, -0.05) is 48.5 Å². The van der Waals surface area contributed by atoms with Gasteiger partial charge in [-0.05, 0) is 43.7 Å². The summed E-state index contributed by atoms with van der Waals surface area (Å²) in [6, 6.07) is 20.0. The number of nitrogens with one attached hydrogen (secondary N) is 2. The Balaban J connectivity index is 1.79. The zero-order chi connectivity index (χ0) is 21.7. The smallest absolute Gasteiger partial charge is 0.275 e. The average molecular weight is 426 g/mol. The van der Waals surface area contributed by atoms with E-state index in [2.05, 4.69) is 10.0 Å².